The second-order valence-corrected chi connectivity index (χ2v) is 5.10. The summed E-state index contributed by atoms with van der Waals surface area (Å²) < 4.78 is 0. The minimum atomic E-state index is -0.432. The van der Waals surface area contributed by atoms with Gasteiger partial charge < -0.3 is 15.7 Å². The Bertz CT molecular complexity index is 820. The Balaban J connectivity index is 1.61. The summed E-state index contributed by atoms with van der Waals surface area (Å²) in [6.07, 6.45) is 2.89. The maximum absolute atomic E-state index is 12.1. The maximum atomic E-state index is 12.1. The van der Waals surface area contributed by atoms with Crippen LogP contribution in [-0.2, 0) is 6.54 Å². The summed E-state index contributed by atoms with van der Waals surface area (Å²) in [5.41, 5.74) is 1.62. The van der Waals surface area contributed by atoms with Crippen molar-refractivity contribution in [2.45, 2.75) is 6.54 Å². The number of carbonyl (C=O) groups is 1. The number of hydrogen-bond donors (Lipinski definition) is 3. The second-order valence-electron chi connectivity index (χ2n) is 5.10. The number of nitrogens with zero attached hydrogens (tertiary/aromatic N) is 2. The van der Waals surface area contributed by atoms with Gasteiger partial charge in [-0.1, -0.05) is 42.5 Å². The van der Waals surface area contributed by atoms with Crippen LogP contribution < -0.4 is 10.6 Å². The zero-order valence-electron chi connectivity index (χ0n) is 12.8. The smallest absolute Gasteiger partial charge is 0.275 e. The van der Waals surface area contributed by atoms with Gasteiger partial charge in [0.2, 0.25) is 0 Å². The average Bonchev–Trinajstić information content (AvgIpc) is 2.63. The first-order valence-corrected chi connectivity index (χ1v) is 7.41. The third kappa shape index (κ3) is 3.86. The molecule has 3 rings (SSSR count). The SMILES string of the molecule is O=C(Nc1ccccc1O)c1cnc(NCc2ccccc2)cn1. The standard InChI is InChI=1S/C18H16N4O2/c23-16-9-5-4-8-14(16)22-18(24)15-11-21-17(12-19-15)20-10-13-6-2-1-3-7-13/h1-9,11-12,23H,10H2,(H,20,21)(H,22,24). The molecule has 1 amide bonds. The van der Waals surface area contributed by atoms with Gasteiger partial charge in [-0.2, -0.15) is 0 Å². The van der Waals surface area contributed by atoms with E-state index in [1.54, 1.807) is 18.2 Å². The summed E-state index contributed by atoms with van der Waals surface area (Å²) in [6, 6.07) is 16.4. The molecule has 1 aromatic heterocycles. The van der Waals surface area contributed by atoms with Gasteiger partial charge in [-0.05, 0) is 17.7 Å². The number of benzene rings is 2. The molecule has 2 aromatic carbocycles. The number of phenols is 1. The highest BCUT2D eigenvalue weighted by atomic mass is 16.3. The third-order valence-corrected chi connectivity index (χ3v) is 3.35. The van der Waals surface area contributed by atoms with Crippen molar-refractivity contribution in [1.82, 2.24) is 9.97 Å². The molecule has 0 bridgehead atoms. The zero-order chi connectivity index (χ0) is 16.8. The van der Waals surface area contributed by atoms with Crippen LogP contribution in [0.1, 0.15) is 16.1 Å². The van der Waals surface area contributed by atoms with E-state index in [1.807, 2.05) is 30.3 Å². The maximum Gasteiger partial charge on any atom is 0.275 e. The molecule has 6 nitrogen and oxygen atoms in total. The molecule has 24 heavy (non-hydrogen) atoms. The number of para-hydroxylation sites is 2. The van der Waals surface area contributed by atoms with Crippen LogP contribution >= 0.6 is 0 Å². The molecular formula is C18H16N4O2. The lowest BCUT2D eigenvalue weighted by atomic mass is 10.2. The molecule has 0 saturated heterocycles. The molecule has 1 heterocycles. The first kappa shape index (κ1) is 15.5. The summed E-state index contributed by atoms with van der Waals surface area (Å²) in [7, 11) is 0. The number of aromatic hydroxyl groups is 1. The van der Waals surface area contributed by atoms with Gasteiger partial charge in [0.15, 0.2) is 0 Å². The molecule has 0 radical (unpaired) electrons. The largest absolute Gasteiger partial charge is 0.506 e. The molecular weight excluding hydrogens is 304 g/mol. The van der Waals surface area contributed by atoms with Crippen LogP contribution in [0.15, 0.2) is 67.0 Å². The lowest BCUT2D eigenvalue weighted by molar-refractivity contribution is 0.102. The Morgan fingerprint density at radius 1 is 0.958 bits per heavy atom. The molecule has 0 spiro atoms. The molecule has 6 heteroatoms. The highest BCUT2D eigenvalue weighted by Crippen LogP contribution is 2.21. The van der Waals surface area contributed by atoms with Crippen molar-refractivity contribution in [1.29, 1.82) is 0 Å². The average molecular weight is 320 g/mol. The van der Waals surface area contributed by atoms with Crippen molar-refractivity contribution in [3.05, 3.63) is 78.2 Å². The summed E-state index contributed by atoms with van der Waals surface area (Å²) >= 11 is 0. The molecule has 3 N–H and O–H groups in total. The minimum absolute atomic E-state index is 0.0000397. The lowest BCUT2D eigenvalue weighted by Gasteiger charge is -2.08. The molecule has 0 unspecified atom stereocenters. The van der Waals surface area contributed by atoms with Crippen molar-refractivity contribution in [2.75, 3.05) is 10.6 Å². The van der Waals surface area contributed by atoms with Crippen LogP contribution in [0.3, 0.4) is 0 Å². The van der Waals surface area contributed by atoms with Crippen molar-refractivity contribution in [3.8, 4) is 5.75 Å². The van der Waals surface area contributed by atoms with E-state index >= 15 is 0 Å². The number of carbonyl (C=O) groups excluding carboxylic acids is 1. The van der Waals surface area contributed by atoms with E-state index < -0.39 is 5.91 Å². The number of amides is 1. The molecule has 0 aliphatic carbocycles. The van der Waals surface area contributed by atoms with E-state index in [0.29, 0.717) is 18.1 Å². The highest BCUT2D eigenvalue weighted by molar-refractivity contribution is 6.03. The summed E-state index contributed by atoms with van der Waals surface area (Å²) in [5.74, 6) is 0.150. The summed E-state index contributed by atoms with van der Waals surface area (Å²) in [5, 5.41) is 15.4. The molecule has 0 fully saturated rings. The number of phenolic OH excluding ortho intramolecular Hbond substituents is 1. The van der Waals surface area contributed by atoms with Gasteiger partial charge in [-0.3, -0.25) is 4.79 Å². The molecule has 0 saturated carbocycles. The van der Waals surface area contributed by atoms with Gasteiger partial charge >= 0.3 is 0 Å². The van der Waals surface area contributed by atoms with E-state index in [0.717, 1.165) is 5.56 Å². The third-order valence-electron chi connectivity index (χ3n) is 3.35. The van der Waals surface area contributed by atoms with E-state index in [1.165, 1.54) is 18.5 Å². The van der Waals surface area contributed by atoms with E-state index in [4.69, 9.17) is 0 Å². The van der Waals surface area contributed by atoms with Crippen LogP contribution in [-0.4, -0.2) is 21.0 Å². The van der Waals surface area contributed by atoms with Gasteiger partial charge in [0.25, 0.3) is 5.91 Å². The highest BCUT2D eigenvalue weighted by Gasteiger charge is 2.10. The molecule has 3 aromatic rings. The number of anilines is 2. The van der Waals surface area contributed by atoms with E-state index in [2.05, 4.69) is 20.6 Å². The fraction of sp³-hybridized carbons (Fsp3) is 0.0556. The lowest BCUT2D eigenvalue weighted by Crippen LogP contribution is -2.14. The fourth-order valence-corrected chi connectivity index (χ4v) is 2.09. The number of aromatic nitrogens is 2. The Morgan fingerprint density at radius 2 is 1.71 bits per heavy atom. The zero-order valence-corrected chi connectivity index (χ0v) is 12.8. The van der Waals surface area contributed by atoms with Crippen LogP contribution in [0.4, 0.5) is 11.5 Å². The van der Waals surface area contributed by atoms with Crippen LogP contribution in [0.2, 0.25) is 0 Å². The second kappa shape index (κ2) is 7.23. The topological polar surface area (TPSA) is 87.1 Å². The minimum Gasteiger partial charge on any atom is -0.506 e. The van der Waals surface area contributed by atoms with E-state index in [9.17, 15) is 9.90 Å². The Hall–Kier alpha value is -3.41. The van der Waals surface area contributed by atoms with Gasteiger partial charge in [-0.15, -0.1) is 0 Å². The normalized spacial score (nSPS) is 10.2. The first-order chi connectivity index (χ1) is 11.7. The van der Waals surface area contributed by atoms with Gasteiger partial charge in [0, 0.05) is 6.54 Å². The molecule has 120 valence electrons. The van der Waals surface area contributed by atoms with E-state index in [-0.39, 0.29) is 11.4 Å². The van der Waals surface area contributed by atoms with Crippen LogP contribution in [0, 0.1) is 0 Å². The van der Waals surface area contributed by atoms with Crippen molar-refractivity contribution in [3.63, 3.8) is 0 Å². The number of nitrogens with one attached hydrogen (secondary N) is 2. The Labute approximate surface area is 139 Å². The monoisotopic (exact) mass is 320 g/mol. The van der Waals surface area contributed by atoms with Crippen molar-refractivity contribution in [2.24, 2.45) is 0 Å². The molecule has 0 aliphatic heterocycles. The Kier molecular flexibility index (Phi) is 4.67. The predicted molar refractivity (Wildman–Crippen MR) is 91.9 cm³/mol. The van der Waals surface area contributed by atoms with Crippen LogP contribution in [0.5, 0.6) is 5.75 Å². The van der Waals surface area contributed by atoms with Crippen molar-refractivity contribution < 1.29 is 9.90 Å². The predicted octanol–water partition coefficient (Wildman–Crippen LogP) is 3.05. The van der Waals surface area contributed by atoms with Crippen molar-refractivity contribution >= 4 is 17.4 Å². The van der Waals surface area contributed by atoms with Gasteiger partial charge in [0.05, 0.1) is 18.1 Å². The summed E-state index contributed by atoms with van der Waals surface area (Å²) in [6.45, 7) is 0.624. The molecule has 0 aliphatic rings. The van der Waals surface area contributed by atoms with Gasteiger partial charge in [0.1, 0.15) is 17.3 Å². The number of hydrogen-bond acceptors (Lipinski definition) is 5. The fourth-order valence-electron chi connectivity index (χ4n) is 2.09. The Morgan fingerprint density at radius 3 is 2.42 bits per heavy atom. The quantitative estimate of drug-likeness (QED) is 0.629. The first-order valence-electron chi connectivity index (χ1n) is 7.41. The van der Waals surface area contributed by atoms with Gasteiger partial charge in [-0.25, -0.2) is 9.97 Å². The molecule has 0 atom stereocenters. The summed E-state index contributed by atoms with van der Waals surface area (Å²) in [4.78, 5) is 20.4. The number of rotatable bonds is 5. The van der Waals surface area contributed by atoms with Crippen LogP contribution in [0.25, 0.3) is 0 Å².